The molecule has 0 aromatic heterocycles. The Labute approximate surface area is 94.2 Å². The minimum Gasteiger partial charge on any atom is -0.387 e. The van der Waals surface area contributed by atoms with Gasteiger partial charge < -0.3 is 4.43 Å². The predicted octanol–water partition coefficient (Wildman–Crippen LogP) is 4.44. The zero-order valence-corrected chi connectivity index (χ0v) is 11.2. The van der Waals surface area contributed by atoms with E-state index in [-0.39, 0.29) is 0 Å². The molecular formula is C12H23FOSi. The molecule has 15 heavy (non-hydrogen) atoms. The average Bonchev–Trinajstić information content (AvgIpc) is 2.09. The number of hydrogen-bond acceptors (Lipinski definition) is 1. The van der Waals surface area contributed by atoms with Crippen molar-refractivity contribution in [1.82, 2.24) is 0 Å². The molecule has 0 amide bonds. The Morgan fingerprint density at radius 2 is 1.53 bits per heavy atom. The lowest BCUT2D eigenvalue weighted by atomic mass is 10.1. The van der Waals surface area contributed by atoms with E-state index in [4.69, 9.17) is 4.43 Å². The fourth-order valence-corrected chi connectivity index (χ4v) is 2.71. The highest BCUT2D eigenvalue weighted by atomic mass is 28.4. The molecule has 0 saturated carbocycles. The van der Waals surface area contributed by atoms with Crippen LogP contribution in [0.5, 0.6) is 0 Å². The molecule has 0 spiro atoms. The van der Waals surface area contributed by atoms with Crippen molar-refractivity contribution < 1.29 is 8.82 Å². The molecule has 0 atom stereocenters. The Morgan fingerprint density at radius 1 is 1.13 bits per heavy atom. The van der Waals surface area contributed by atoms with Crippen molar-refractivity contribution in [2.45, 2.75) is 51.2 Å². The first-order valence-corrected chi connectivity index (χ1v) is 8.85. The summed E-state index contributed by atoms with van der Waals surface area (Å²) in [6.07, 6.45) is 5.56. The van der Waals surface area contributed by atoms with Crippen molar-refractivity contribution >= 4 is 8.32 Å². The monoisotopic (exact) mass is 230 g/mol. The predicted molar refractivity (Wildman–Crippen MR) is 67.1 cm³/mol. The van der Waals surface area contributed by atoms with E-state index in [1.165, 1.54) is 0 Å². The molecule has 0 aromatic rings. The lowest BCUT2D eigenvalue weighted by Gasteiger charge is -2.32. The summed E-state index contributed by atoms with van der Waals surface area (Å²) in [5.41, 5.74) is 0. The Kier molecular flexibility index (Phi) is 6.06. The smallest absolute Gasteiger partial charge is 0.200 e. The zero-order valence-electron chi connectivity index (χ0n) is 10.2. The van der Waals surface area contributed by atoms with E-state index in [0.717, 1.165) is 0 Å². The summed E-state index contributed by atoms with van der Waals surface area (Å²) < 4.78 is 20.0. The van der Waals surface area contributed by atoms with Crippen LogP contribution in [0.4, 0.5) is 4.39 Å². The Morgan fingerprint density at radius 3 is 1.80 bits per heavy atom. The largest absolute Gasteiger partial charge is 0.387 e. The second kappa shape index (κ2) is 6.23. The molecule has 0 aliphatic carbocycles. The molecule has 0 heterocycles. The van der Waals surface area contributed by atoms with Crippen LogP contribution in [0.3, 0.4) is 0 Å². The second-order valence-electron chi connectivity index (χ2n) is 4.75. The molecule has 0 aliphatic heterocycles. The molecule has 0 saturated heterocycles. The van der Waals surface area contributed by atoms with Gasteiger partial charge in [-0.15, -0.1) is 13.2 Å². The standard InChI is InChI=1S/C12H23FOSi/c1-6-8-10-12(13,11-9-7-2)14-15(3,4)5/h6-7H,1-2,8-11H2,3-5H3. The van der Waals surface area contributed by atoms with Gasteiger partial charge in [-0.3, -0.25) is 0 Å². The maximum atomic E-state index is 14.4. The van der Waals surface area contributed by atoms with Gasteiger partial charge in [-0.05, 0) is 32.5 Å². The molecule has 1 nitrogen and oxygen atoms in total. The summed E-state index contributed by atoms with van der Waals surface area (Å²) >= 11 is 0. The quantitative estimate of drug-likeness (QED) is 0.442. The van der Waals surface area contributed by atoms with Crippen molar-refractivity contribution in [2.75, 3.05) is 0 Å². The molecule has 0 aliphatic rings. The van der Waals surface area contributed by atoms with E-state index in [2.05, 4.69) is 13.2 Å². The number of allylic oxidation sites excluding steroid dienone is 2. The van der Waals surface area contributed by atoms with Gasteiger partial charge >= 0.3 is 0 Å². The minimum atomic E-state index is -1.84. The minimum absolute atomic E-state index is 0.397. The average molecular weight is 230 g/mol. The molecule has 3 heteroatoms. The first kappa shape index (κ1) is 14.6. The van der Waals surface area contributed by atoms with Gasteiger partial charge in [-0.1, -0.05) is 12.2 Å². The van der Waals surface area contributed by atoms with Crippen molar-refractivity contribution in [1.29, 1.82) is 0 Å². The lowest BCUT2D eigenvalue weighted by Crippen LogP contribution is -2.39. The lowest BCUT2D eigenvalue weighted by molar-refractivity contribution is -0.0813. The number of rotatable bonds is 8. The van der Waals surface area contributed by atoms with Crippen LogP contribution in [-0.2, 0) is 4.43 Å². The van der Waals surface area contributed by atoms with Gasteiger partial charge in [0.05, 0.1) is 0 Å². The Hall–Kier alpha value is -0.413. The van der Waals surface area contributed by atoms with Gasteiger partial charge in [0.15, 0.2) is 8.32 Å². The zero-order chi connectivity index (χ0) is 11.9. The highest BCUT2D eigenvalue weighted by Crippen LogP contribution is 2.30. The summed E-state index contributed by atoms with van der Waals surface area (Å²) in [6.45, 7) is 13.2. The van der Waals surface area contributed by atoms with E-state index in [0.29, 0.717) is 25.7 Å². The number of alkyl halides is 1. The van der Waals surface area contributed by atoms with Gasteiger partial charge in [0.2, 0.25) is 5.85 Å². The van der Waals surface area contributed by atoms with Crippen molar-refractivity contribution in [3.05, 3.63) is 25.3 Å². The second-order valence-corrected chi connectivity index (χ2v) is 9.18. The van der Waals surface area contributed by atoms with Crippen LogP contribution in [0.15, 0.2) is 25.3 Å². The molecular weight excluding hydrogens is 207 g/mol. The maximum absolute atomic E-state index is 14.4. The van der Waals surface area contributed by atoms with Gasteiger partial charge in [-0.2, -0.15) is 0 Å². The van der Waals surface area contributed by atoms with Crippen LogP contribution in [0.1, 0.15) is 25.7 Å². The van der Waals surface area contributed by atoms with Gasteiger partial charge in [0.1, 0.15) is 0 Å². The SMILES string of the molecule is C=CCCC(F)(CCC=C)O[Si](C)(C)C. The maximum Gasteiger partial charge on any atom is 0.200 e. The fraction of sp³-hybridized carbons (Fsp3) is 0.667. The van der Waals surface area contributed by atoms with Gasteiger partial charge in [0.25, 0.3) is 0 Å². The van der Waals surface area contributed by atoms with Gasteiger partial charge in [-0.25, -0.2) is 4.39 Å². The molecule has 88 valence electrons. The molecule has 0 unspecified atom stereocenters. The van der Waals surface area contributed by atoms with Crippen LogP contribution in [0, 0.1) is 0 Å². The van der Waals surface area contributed by atoms with Crippen LogP contribution in [-0.4, -0.2) is 14.2 Å². The van der Waals surface area contributed by atoms with E-state index in [1.54, 1.807) is 12.2 Å². The number of hydrogen-bond donors (Lipinski definition) is 0. The summed E-state index contributed by atoms with van der Waals surface area (Å²) in [5, 5.41) is 0. The third kappa shape index (κ3) is 7.51. The van der Waals surface area contributed by atoms with E-state index >= 15 is 0 Å². The third-order valence-corrected chi connectivity index (χ3v) is 2.91. The Balaban J connectivity index is 4.38. The van der Waals surface area contributed by atoms with Crippen molar-refractivity contribution in [3.63, 3.8) is 0 Å². The van der Waals surface area contributed by atoms with Crippen LogP contribution < -0.4 is 0 Å². The van der Waals surface area contributed by atoms with Crippen LogP contribution >= 0.6 is 0 Å². The fourth-order valence-electron chi connectivity index (χ4n) is 1.41. The molecule has 0 bridgehead atoms. The molecule has 0 rings (SSSR count). The molecule has 0 N–H and O–H groups in total. The normalized spacial score (nSPS) is 12.5. The van der Waals surface area contributed by atoms with Crippen molar-refractivity contribution in [3.8, 4) is 0 Å². The number of halogens is 1. The highest BCUT2D eigenvalue weighted by molar-refractivity contribution is 6.69. The first-order chi connectivity index (χ1) is 6.83. The Bertz CT molecular complexity index is 196. The summed E-state index contributed by atoms with van der Waals surface area (Å²) in [4.78, 5) is 0. The van der Waals surface area contributed by atoms with E-state index < -0.39 is 14.2 Å². The molecule has 0 fully saturated rings. The highest BCUT2D eigenvalue weighted by Gasteiger charge is 2.34. The summed E-state index contributed by atoms with van der Waals surface area (Å²) in [7, 11) is -1.84. The third-order valence-electron chi connectivity index (χ3n) is 1.93. The molecule has 0 aromatic carbocycles. The topological polar surface area (TPSA) is 9.23 Å². The van der Waals surface area contributed by atoms with Crippen molar-refractivity contribution in [2.24, 2.45) is 0 Å². The molecule has 0 radical (unpaired) electrons. The van der Waals surface area contributed by atoms with Gasteiger partial charge in [0, 0.05) is 12.8 Å². The van der Waals surface area contributed by atoms with E-state index in [9.17, 15) is 4.39 Å². The first-order valence-electron chi connectivity index (χ1n) is 5.44. The summed E-state index contributed by atoms with van der Waals surface area (Å²) in [5.74, 6) is -1.49. The van der Waals surface area contributed by atoms with Crippen LogP contribution in [0.2, 0.25) is 19.6 Å². The van der Waals surface area contributed by atoms with Crippen LogP contribution in [0.25, 0.3) is 0 Å². The summed E-state index contributed by atoms with van der Waals surface area (Å²) in [6, 6.07) is 0. The van der Waals surface area contributed by atoms with E-state index in [1.807, 2.05) is 19.6 Å².